The number of nitrogens with one attached hydrogen (secondary N) is 1. The first kappa shape index (κ1) is 23.5. The van der Waals surface area contributed by atoms with Crippen LogP contribution in [0.4, 0.5) is 5.69 Å². The predicted molar refractivity (Wildman–Crippen MR) is 114 cm³/mol. The number of hydrogen-bond donors (Lipinski definition) is 1. The highest BCUT2D eigenvalue weighted by Crippen LogP contribution is 2.24. The molecule has 160 valence electrons. The van der Waals surface area contributed by atoms with Crippen molar-refractivity contribution in [3.63, 3.8) is 0 Å². The van der Waals surface area contributed by atoms with Crippen LogP contribution in [0.5, 0.6) is 0 Å². The molecule has 0 saturated carbocycles. The van der Waals surface area contributed by atoms with Crippen molar-refractivity contribution in [2.24, 2.45) is 5.10 Å². The summed E-state index contributed by atoms with van der Waals surface area (Å²) in [6, 6.07) is 7.32. The van der Waals surface area contributed by atoms with Gasteiger partial charge in [-0.15, -0.1) is 0 Å². The SMILES string of the molecule is Cc1cc(C)c(S(=O)(=O)N(C)CC(=O)NN=Cc2cc([N+](=O)[O-])ccc2Cl)c(C)c1. The highest BCUT2D eigenvalue weighted by molar-refractivity contribution is 7.89. The third-order valence-electron chi connectivity index (χ3n) is 4.22. The van der Waals surface area contributed by atoms with Gasteiger partial charge in [0.25, 0.3) is 11.6 Å². The Morgan fingerprint density at radius 3 is 2.40 bits per heavy atom. The van der Waals surface area contributed by atoms with E-state index in [0.717, 1.165) is 16.1 Å². The number of non-ortho nitro benzene ring substituents is 1. The summed E-state index contributed by atoms with van der Waals surface area (Å²) in [7, 11) is -2.59. The molecule has 0 aliphatic rings. The Kier molecular flexibility index (Phi) is 7.30. The van der Waals surface area contributed by atoms with E-state index in [1.165, 1.54) is 25.2 Å². The monoisotopic (exact) mass is 452 g/mol. The van der Waals surface area contributed by atoms with E-state index in [9.17, 15) is 23.3 Å². The van der Waals surface area contributed by atoms with Gasteiger partial charge in [0.2, 0.25) is 10.0 Å². The number of aryl methyl sites for hydroxylation is 3. The lowest BCUT2D eigenvalue weighted by atomic mass is 10.1. The van der Waals surface area contributed by atoms with Gasteiger partial charge in [-0.05, 0) is 38.0 Å². The molecule has 2 rings (SSSR count). The molecule has 0 aromatic heterocycles. The molecule has 0 heterocycles. The third-order valence-corrected chi connectivity index (χ3v) is 6.68. The molecule has 0 fully saturated rings. The summed E-state index contributed by atoms with van der Waals surface area (Å²) in [5.41, 5.74) is 4.39. The number of likely N-dealkylation sites (N-methyl/N-ethyl adjacent to an activating group) is 1. The maximum atomic E-state index is 12.9. The van der Waals surface area contributed by atoms with E-state index in [-0.39, 0.29) is 21.2 Å². The fourth-order valence-electron chi connectivity index (χ4n) is 2.97. The van der Waals surface area contributed by atoms with Crippen LogP contribution in [0.2, 0.25) is 5.02 Å². The molecule has 0 aliphatic heterocycles. The average Bonchev–Trinajstić information content (AvgIpc) is 2.61. The Bertz CT molecular complexity index is 1110. The zero-order valence-corrected chi connectivity index (χ0v) is 18.4. The van der Waals surface area contributed by atoms with Crippen molar-refractivity contribution in [2.75, 3.05) is 13.6 Å². The maximum absolute atomic E-state index is 12.9. The topological polar surface area (TPSA) is 122 Å². The van der Waals surface area contributed by atoms with Crippen LogP contribution in [0.3, 0.4) is 0 Å². The van der Waals surface area contributed by atoms with Crippen LogP contribution in [0, 0.1) is 30.9 Å². The largest absolute Gasteiger partial charge is 0.272 e. The van der Waals surface area contributed by atoms with Crippen molar-refractivity contribution >= 4 is 39.4 Å². The minimum Gasteiger partial charge on any atom is -0.272 e. The number of sulfonamides is 1. The smallest absolute Gasteiger partial charge is 0.270 e. The Labute approximate surface area is 179 Å². The summed E-state index contributed by atoms with van der Waals surface area (Å²) < 4.78 is 26.7. The Morgan fingerprint density at radius 1 is 1.23 bits per heavy atom. The highest BCUT2D eigenvalue weighted by Gasteiger charge is 2.26. The maximum Gasteiger partial charge on any atom is 0.270 e. The molecule has 30 heavy (non-hydrogen) atoms. The molecule has 0 bridgehead atoms. The highest BCUT2D eigenvalue weighted by atomic mass is 35.5. The molecule has 9 nitrogen and oxygen atoms in total. The number of nitro benzene ring substituents is 1. The van der Waals surface area contributed by atoms with Gasteiger partial charge in [0.1, 0.15) is 0 Å². The van der Waals surface area contributed by atoms with Crippen LogP contribution in [-0.2, 0) is 14.8 Å². The van der Waals surface area contributed by atoms with E-state index in [0.29, 0.717) is 11.1 Å². The lowest BCUT2D eigenvalue weighted by Crippen LogP contribution is -2.37. The van der Waals surface area contributed by atoms with Gasteiger partial charge in [0, 0.05) is 29.8 Å². The van der Waals surface area contributed by atoms with Gasteiger partial charge < -0.3 is 0 Å². The van der Waals surface area contributed by atoms with E-state index in [1.54, 1.807) is 26.0 Å². The minimum absolute atomic E-state index is 0.162. The van der Waals surface area contributed by atoms with Gasteiger partial charge in [-0.2, -0.15) is 9.41 Å². The van der Waals surface area contributed by atoms with Crippen LogP contribution in [0.1, 0.15) is 22.3 Å². The summed E-state index contributed by atoms with van der Waals surface area (Å²) in [6.45, 7) is 4.82. The van der Waals surface area contributed by atoms with Crippen molar-refractivity contribution < 1.29 is 18.1 Å². The molecule has 1 N–H and O–H groups in total. The molecule has 2 aromatic rings. The zero-order chi connectivity index (χ0) is 22.6. The average molecular weight is 453 g/mol. The number of carbonyl (C=O) groups is 1. The van der Waals surface area contributed by atoms with Gasteiger partial charge in [-0.3, -0.25) is 14.9 Å². The van der Waals surface area contributed by atoms with E-state index >= 15 is 0 Å². The molecule has 0 atom stereocenters. The molecule has 2 aromatic carbocycles. The Balaban J connectivity index is 2.11. The lowest BCUT2D eigenvalue weighted by Gasteiger charge is -2.19. The first-order valence-corrected chi connectivity index (χ1v) is 10.6. The van der Waals surface area contributed by atoms with Crippen LogP contribution >= 0.6 is 11.6 Å². The number of rotatable bonds is 7. The number of hydrazone groups is 1. The molecule has 0 radical (unpaired) electrons. The van der Waals surface area contributed by atoms with E-state index in [4.69, 9.17) is 11.6 Å². The second kappa shape index (κ2) is 9.33. The Morgan fingerprint density at radius 2 is 1.83 bits per heavy atom. The van der Waals surface area contributed by atoms with E-state index in [2.05, 4.69) is 10.5 Å². The van der Waals surface area contributed by atoms with Gasteiger partial charge in [0.05, 0.1) is 22.6 Å². The summed E-state index contributed by atoms with van der Waals surface area (Å²) >= 11 is 5.95. The number of benzene rings is 2. The molecular formula is C19H21ClN4O5S. The summed E-state index contributed by atoms with van der Waals surface area (Å²) in [6.07, 6.45) is 1.15. The predicted octanol–water partition coefficient (Wildman–Crippen LogP) is 2.94. The van der Waals surface area contributed by atoms with Crippen molar-refractivity contribution in [3.8, 4) is 0 Å². The molecular weight excluding hydrogens is 432 g/mol. The summed E-state index contributed by atoms with van der Waals surface area (Å²) in [5, 5.41) is 14.7. The molecule has 11 heteroatoms. The minimum atomic E-state index is -3.89. The quantitative estimate of drug-likeness (QED) is 0.393. The Hall–Kier alpha value is -2.82. The van der Waals surface area contributed by atoms with Gasteiger partial charge in [-0.1, -0.05) is 29.3 Å². The second-order valence-electron chi connectivity index (χ2n) is 6.75. The van der Waals surface area contributed by atoms with Crippen LogP contribution in [0.25, 0.3) is 0 Å². The molecule has 0 saturated heterocycles. The molecule has 0 spiro atoms. The fourth-order valence-corrected chi connectivity index (χ4v) is 4.67. The molecule has 1 amide bonds. The van der Waals surface area contributed by atoms with Crippen molar-refractivity contribution in [1.29, 1.82) is 0 Å². The van der Waals surface area contributed by atoms with Crippen LogP contribution in [-0.4, -0.2) is 43.4 Å². The van der Waals surface area contributed by atoms with Crippen molar-refractivity contribution in [2.45, 2.75) is 25.7 Å². The number of amides is 1. The number of hydrogen-bond acceptors (Lipinski definition) is 6. The third kappa shape index (κ3) is 5.41. The number of nitrogens with zero attached hydrogens (tertiary/aromatic N) is 3. The number of halogens is 1. The normalized spacial score (nSPS) is 11.8. The summed E-state index contributed by atoms with van der Waals surface area (Å²) in [5.74, 6) is -0.679. The second-order valence-corrected chi connectivity index (χ2v) is 9.13. The van der Waals surface area contributed by atoms with Crippen LogP contribution in [0.15, 0.2) is 40.3 Å². The summed E-state index contributed by atoms with van der Waals surface area (Å²) in [4.78, 5) is 22.5. The molecule has 0 unspecified atom stereocenters. The standard InChI is InChI=1S/C19H21ClN4O5S/c1-12-7-13(2)19(14(3)8-12)30(28,29)23(4)11-18(25)22-21-10-15-9-16(24(26)27)5-6-17(15)20/h5-10H,11H2,1-4H3,(H,22,25). The number of carbonyl (C=O) groups excluding carboxylic acids is 1. The van der Waals surface area contributed by atoms with Crippen molar-refractivity contribution in [3.05, 3.63) is 67.7 Å². The van der Waals surface area contributed by atoms with E-state index in [1.807, 2.05) is 6.92 Å². The van der Waals surface area contributed by atoms with Gasteiger partial charge >= 0.3 is 0 Å². The van der Waals surface area contributed by atoms with Crippen LogP contribution < -0.4 is 5.43 Å². The first-order valence-electron chi connectivity index (χ1n) is 8.73. The van der Waals surface area contributed by atoms with Gasteiger partial charge in [-0.25, -0.2) is 13.8 Å². The molecule has 0 aliphatic carbocycles. The van der Waals surface area contributed by atoms with Gasteiger partial charge in [0.15, 0.2) is 0 Å². The first-order chi connectivity index (χ1) is 13.9. The zero-order valence-electron chi connectivity index (χ0n) is 16.8. The van der Waals surface area contributed by atoms with Crippen molar-refractivity contribution in [1.82, 2.24) is 9.73 Å². The lowest BCUT2D eigenvalue weighted by molar-refractivity contribution is -0.384. The fraction of sp³-hybridized carbons (Fsp3) is 0.263. The van der Waals surface area contributed by atoms with E-state index < -0.39 is 27.4 Å². The number of nitro groups is 1.